The Labute approximate surface area is 131 Å². The average Bonchev–Trinajstić information content (AvgIpc) is 3.17. The van der Waals surface area contributed by atoms with Crippen molar-refractivity contribution in [2.24, 2.45) is 0 Å². The summed E-state index contributed by atoms with van der Waals surface area (Å²) < 4.78 is 14.5. The third-order valence-electron chi connectivity index (χ3n) is 2.97. The van der Waals surface area contributed by atoms with E-state index in [1.807, 2.05) is 0 Å². The molecule has 0 aliphatic heterocycles. The summed E-state index contributed by atoms with van der Waals surface area (Å²) >= 11 is 12.9. The standard InChI is InChI=1S/C13H8Br2ClFN2/c14-9-5-7(17)3-4-8(9)13-18-11(6-1-2-6)10(15)12(16)19-13/h3-6H,1-2H2. The number of benzene rings is 1. The van der Waals surface area contributed by atoms with Gasteiger partial charge in [0.2, 0.25) is 0 Å². The fourth-order valence-electron chi connectivity index (χ4n) is 1.85. The van der Waals surface area contributed by atoms with Gasteiger partial charge in [0.05, 0.1) is 10.2 Å². The molecule has 0 spiro atoms. The van der Waals surface area contributed by atoms with Crippen LogP contribution in [-0.2, 0) is 0 Å². The minimum atomic E-state index is -0.304. The Morgan fingerprint density at radius 2 is 1.95 bits per heavy atom. The fourth-order valence-corrected chi connectivity index (χ4v) is 3.06. The van der Waals surface area contributed by atoms with Gasteiger partial charge in [-0.2, -0.15) is 0 Å². The summed E-state index contributed by atoms with van der Waals surface area (Å²) in [6.45, 7) is 0. The van der Waals surface area contributed by atoms with Crippen LogP contribution in [0.4, 0.5) is 4.39 Å². The number of hydrogen-bond donors (Lipinski definition) is 0. The van der Waals surface area contributed by atoms with Crippen LogP contribution in [0, 0.1) is 5.82 Å². The molecule has 1 fully saturated rings. The first-order valence-electron chi connectivity index (χ1n) is 5.74. The van der Waals surface area contributed by atoms with Crippen molar-refractivity contribution < 1.29 is 4.39 Å². The van der Waals surface area contributed by atoms with E-state index in [4.69, 9.17) is 11.6 Å². The molecule has 1 aliphatic rings. The maximum atomic E-state index is 13.1. The summed E-state index contributed by atoms with van der Waals surface area (Å²) in [6, 6.07) is 4.43. The van der Waals surface area contributed by atoms with Crippen LogP contribution in [-0.4, -0.2) is 9.97 Å². The highest BCUT2D eigenvalue weighted by atomic mass is 79.9. The van der Waals surface area contributed by atoms with E-state index < -0.39 is 0 Å². The van der Waals surface area contributed by atoms with Crippen molar-refractivity contribution in [1.29, 1.82) is 0 Å². The summed E-state index contributed by atoms with van der Waals surface area (Å²) in [5, 5.41) is 0.392. The van der Waals surface area contributed by atoms with Crippen LogP contribution in [0.2, 0.25) is 5.15 Å². The lowest BCUT2D eigenvalue weighted by Gasteiger charge is -2.08. The van der Waals surface area contributed by atoms with Gasteiger partial charge < -0.3 is 0 Å². The molecule has 0 radical (unpaired) electrons. The molecule has 1 saturated carbocycles. The lowest BCUT2D eigenvalue weighted by atomic mass is 10.2. The highest BCUT2D eigenvalue weighted by Crippen LogP contribution is 2.44. The molecule has 0 unspecified atom stereocenters. The highest BCUT2D eigenvalue weighted by Gasteiger charge is 2.29. The van der Waals surface area contributed by atoms with Crippen LogP contribution >= 0.6 is 43.5 Å². The average molecular weight is 406 g/mol. The van der Waals surface area contributed by atoms with E-state index in [0.29, 0.717) is 21.4 Å². The molecule has 0 bridgehead atoms. The molecule has 1 aliphatic carbocycles. The van der Waals surface area contributed by atoms with Crippen molar-refractivity contribution in [3.63, 3.8) is 0 Å². The SMILES string of the molecule is Fc1ccc(-c2nc(Cl)c(Br)c(C3CC3)n2)c(Br)c1. The third-order valence-corrected chi connectivity index (χ3v) is 4.91. The summed E-state index contributed by atoms with van der Waals surface area (Å²) in [7, 11) is 0. The van der Waals surface area contributed by atoms with Gasteiger partial charge in [-0.05, 0) is 62.9 Å². The molecule has 1 aromatic heterocycles. The van der Waals surface area contributed by atoms with E-state index in [1.165, 1.54) is 12.1 Å². The lowest BCUT2D eigenvalue weighted by Crippen LogP contribution is -1.98. The van der Waals surface area contributed by atoms with Crippen molar-refractivity contribution in [1.82, 2.24) is 9.97 Å². The minimum Gasteiger partial charge on any atom is -0.231 e. The summed E-state index contributed by atoms with van der Waals surface area (Å²) in [5.74, 6) is 0.663. The van der Waals surface area contributed by atoms with Gasteiger partial charge in [-0.3, -0.25) is 0 Å². The summed E-state index contributed by atoms with van der Waals surface area (Å²) in [4.78, 5) is 8.82. The van der Waals surface area contributed by atoms with Crippen LogP contribution in [0.3, 0.4) is 0 Å². The van der Waals surface area contributed by atoms with Gasteiger partial charge >= 0.3 is 0 Å². The predicted octanol–water partition coefficient (Wildman–Crippen LogP) is 5.34. The monoisotopic (exact) mass is 404 g/mol. The zero-order valence-electron chi connectivity index (χ0n) is 9.63. The lowest BCUT2D eigenvalue weighted by molar-refractivity contribution is 0.627. The Hall–Kier alpha value is -0.520. The largest absolute Gasteiger partial charge is 0.231 e. The van der Waals surface area contributed by atoms with Crippen LogP contribution in [0.5, 0.6) is 0 Å². The molecule has 3 rings (SSSR count). The Morgan fingerprint density at radius 1 is 1.21 bits per heavy atom. The molecular weight excluding hydrogens is 398 g/mol. The Bertz CT molecular complexity index is 659. The zero-order valence-corrected chi connectivity index (χ0v) is 13.6. The molecule has 1 heterocycles. The summed E-state index contributed by atoms with van der Waals surface area (Å²) in [5.41, 5.74) is 1.67. The molecule has 98 valence electrons. The number of nitrogens with zero attached hydrogens (tertiary/aromatic N) is 2. The third kappa shape index (κ3) is 2.69. The van der Waals surface area contributed by atoms with E-state index in [0.717, 1.165) is 28.6 Å². The van der Waals surface area contributed by atoms with Gasteiger partial charge in [0.15, 0.2) is 5.82 Å². The van der Waals surface area contributed by atoms with Crippen molar-refractivity contribution in [2.75, 3.05) is 0 Å². The molecule has 2 aromatic rings. The molecule has 1 aromatic carbocycles. The summed E-state index contributed by atoms with van der Waals surface area (Å²) in [6.07, 6.45) is 2.24. The Morgan fingerprint density at radius 3 is 2.58 bits per heavy atom. The quantitative estimate of drug-likeness (QED) is 0.630. The number of aromatic nitrogens is 2. The second-order valence-electron chi connectivity index (χ2n) is 4.44. The first-order chi connectivity index (χ1) is 9.06. The van der Waals surface area contributed by atoms with Crippen molar-refractivity contribution in [2.45, 2.75) is 18.8 Å². The van der Waals surface area contributed by atoms with E-state index in [1.54, 1.807) is 6.07 Å². The molecule has 19 heavy (non-hydrogen) atoms. The first-order valence-corrected chi connectivity index (χ1v) is 7.71. The predicted molar refractivity (Wildman–Crippen MR) is 79.8 cm³/mol. The van der Waals surface area contributed by atoms with E-state index in [9.17, 15) is 4.39 Å². The van der Waals surface area contributed by atoms with Gasteiger partial charge in [-0.1, -0.05) is 11.6 Å². The highest BCUT2D eigenvalue weighted by molar-refractivity contribution is 9.11. The maximum absolute atomic E-state index is 13.1. The van der Waals surface area contributed by atoms with Crippen LogP contribution < -0.4 is 0 Å². The van der Waals surface area contributed by atoms with E-state index in [-0.39, 0.29) is 5.82 Å². The fraction of sp³-hybridized carbons (Fsp3) is 0.231. The topological polar surface area (TPSA) is 25.8 Å². The van der Waals surface area contributed by atoms with Gasteiger partial charge in [0.25, 0.3) is 0 Å². The van der Waals surface area contributed by atoms with Gasteiger partial charge in [-0.15, -0.1) is 0 Å². The minimum absolute atomic E-state index is 0.304. The van der Waals surface area contributed by atoms with Crippen molar-refractivity contribution >= 4 is 43.5 Å². The number of hydrogen-bond acceptors (Lipinski definition) is 2. The van der Waals surface area contributed by atoms with Gasteiger partial charge in [0, 0.05) is 16.0 Å². The first kappa shape index (κ1) is 13.5. The van der Waals surface area contributed by atoms with Crippen LogP contribution in [0.25, 0.3) is 11.4 Å². The van der Waals surface area contributed by atoms with Crippen molar-refractivity contribution in [3.05, 3.63) is 43.8 Å². The second kappa shape index (κ2) is 5.11. The molecule has 0 saturated heterocycles. The second-order valence-corrected chi connectivity index (χ2v) is 6.44. The van der Waals surface area contributed by atoms with Gasteiger partial charge in [0.1, 0.15) is 11.0 Å². The molecule has 0 amide bonds. The number of halogens is 4. The maximum Gasteiger partial charge on any atom is 0.162 e. The van der Waals surface area contributed by atoms with E-state index in [2.05, 4.69) is 41.8 Å². The Balaban J connectivity index is 2.14. The normalized spacial score (nSPS) is 14.7. The molecule has 6 heteroatoms. The Kier molecular flexibility index (Phi) is 3.62. The van der Waals surface area contributed by atoms with Crippen molar-refractivity contribution in [3.8, 4) is 11.4 Å². The van der Waals surface area contributed by atoms with Crippen LogP contribution in [0.15, 0.2) is 27.1 Å². The smallest absolute Gasteiger partial charge is 0.162 e. The molecule has 0 N–H and O–H groups in total. The van der Waals surface area contributed by atoms with Gasteiger partial charge in [-0.25, -0.2) is 14.4 Å². The molecule has 2 nitrogen and oxygen atoms in total. The number of rotatable bonds is 2. The molecular formula is C13H8Br2ClFN2. The molecule has 0 atom stereocenters. The zero-order chi connectivity index (χ0) is 13.6. The van der Waals surface area contributed by atoms with Crippen LogP contribution in [0.1, 0.15) is 24.5 Å². The van der Waals surface area contributed by atoms with E-state index >= 15 is 0 Å².